The molecule has 0 unspecified atom stereocenters. The number of para-hydroxylation sites is 1. The number of hydrogen-bond donors (Lipinski definition) is 2. The third-order valence-electron chi connectivity index (χ3n) is 8.32. The van der Waals surface area contributed by atoms with Gasteiger partial charge in [0.05, 0.1) is 11.1 Å². The molecule has 0 atom stereocenters. The molecule has 8 nitrogen and oxygen atoms in total. The number of piperidine rings is 1. The Balaban J connectivity index is 1.30. The van der Waals surface area contributed by atoms with Crippen LogP contribution in [0.1, 0.15) is 76.1 Å². The zero-order valence-electron chi connectivity index (χ0n) is 25.2. The van der Waals surface area contributed by atoms with E-state index in [2.05, 4.69) is 34.5 Å². The Labute approximate surface area is 240 Å². The van der Waals surface area contributed by atoms with Crippen LogP contribution in [0, 0.1) is 17.8 Å². The molecule has 2 N–H and O–H groups in total. The Morgan fingerprint density at radius 1 is 0.950 bits per heavy atom. The highest BCUT2D eigenvalue weighted by molar-refractivity contribution is 6.07. The minimum Gasteiger partial charge on any atom is -0.444 e. The van der Waals surface area contributed by atoms with Crippen LogP contribution in [0.3, 0.4) is 0 Å². The first-order valence-corrected chi connectivity index (χ1v) is 15.1. The molecule has 1 aliphatic heterocycles. The summed E-state index contributed by atoms with van der Waals surface area (Å²) in [5, 5.41) is 7.06. The number of carbonyl (C=O) groups excluding carboxylic acids is 2. The smallest absolute Gasteiger partial charge is 0.407 e. The van der Waals surface area contributed by atoms with Crippen molar-refractivity contribution in [2.24, 2.45) is 17.8 Å². The van der Waals surface area contributed by atoms with E-state index in [1.54, 1.807) is 0 Å². The molecule has 2 amide bonds. The predicted octanol–water partition coefficient (Wildman–Crippen LogP) is 5.46. The number of fused-ring (bicyclic) bond motifs is 1. The van der Waals surface area contributed by atoms with Gasteiger partial charge in [0, 0.05) is 31.6 Å². The molecule has 0 spiro atoms. The maximum Gasteiger partial charge on any atom is 0.407 e. The lowest BCUT2D eigenvalue weighted by Gasteiger charge is -2.33. The van der Waals surface area contributed by atoms with Crippen molar-refractivity contribution < 1.29 is 14.3 Å². The van der Waals surface area contributed by atoms with E-state index in [4.69, 9.17) is 9.72 Å². The summed E-state index contributed by atoms with van der Waals surface area (Å²) in [4.78, 5) is 35.0. The number of alkyl carbamates (subject to hydrolysis) is 1. The number of carbonyl (C=O) groups is 2. The van der Waals surface area contributed by atoms with Crippen molar-refractivity contribution in [1.82, 2.24) is 20.5 Å². The van der Waals surface area contributed by atoms with Crippen molar-refractivity contribution in [2.75, 3.05) is 51.7 Å². The number of rotatable bonds is 9. The van der Waals surface area contributed by atoms with Crippen LogP contribution in [0.2, 0.25) is 0 Å². The van der Waals surface area contributed by atoms with E-state index >= 15 is 0 Å². The van der Waals surface area contributed by atoms with E-state index in [1.807, 2.05) is 51.1 Å². The second-order valence-corrected chi connectivity index (χ2v) is 13.0. The van der Waals surface area contributed by atoms with Crippen LogP contribution in [0.15, 0.2) is 30.3 Å². The van der Waals surface area contributed by atoms with Crippen molar-refractivity contribution >= 4 is 28.7 Å². The molecule has 1 aromatic heterocycles. The minimum atomic E-state index is -0.483. The van der Waals surface area contributed by atoms with Gasteiger partial charge < -0.3 is 25.2 Å². The van der Waals surface area contributed by atoms with Crippen LogP contribution >= 0.6 is 0 Å². The zero-order valence-corrected chi connectivity index (χ0v) is 25.2. The highest BCUT2D eigenvalue weighted by Gasteiger charge is 2.25. The molecule has 1 aromatic carbocycles. The molecule has 2 aromatic rings. The summed E-state index contributed by atoms with van der Waals surface area (Å²) in [6, 6.07) is 9.97. The SMILES string of the molecule is CN(C)CCC1CCN(c2cc(C(=O)NC[C@H]3CC[C@H](CNC(=O)OC(C)(C)C)CC3)c3ccccc3n2)CC1. The van der Waals surface area contributed by atoms with Gasteiger partial charge in [-0.3, -0.25) is 4.79 Å². The quantitative estimate of drug-likeness (QED) is 0.430. The number of benzene rings is 1. The van der Waals surface area contributed by atoms with Gasteiger partial charge >= 0.3 is 6.09 Å². The molecule has 1 aliphatic carbocycles. The van der Waals surface area contributed by atoms with Crippen molar-refractivity contribution in [1.29, 1.82) is 0 Å². The average Bonchev–Trinajstić information content (AvgIpc) is 2.93. The van der Waals surface area contributed by atoms with Gasteiger partial charge in [-0.05, 0) is 116 Å². The van der Waals surface area contributed by atoms with E-state index in [0.717, 1.165) is 68.0 Å². The van der Waals surface area contributed by atoms with E-state index < -0.39 is 5.60 Å². The summed E-state index contributed by atoms with van der Waals surface area (Å²) in [5.74, 6) is 2.56. The molecule has 8 heteroatoms. The van der Waals surface area contributed by atoms with Crippen LogP contribution in [0.25, 0.3) is 10.9 Å². The van der Waals surface area contributed by atoms with Crippen molar-refractivity contribution in [2.45, 2.75) is 71.3 Å². The van der Waals surface area contributed by atoms with Gasteiger partial charge in [0.1, 0.15) is 11.4 Å². The van der Waals surface area contributed by atoms with Crippen LogP contribution < -0.4 is 15.5 Å². The average molecular weight is 552 g/mol. The molecule has 4 rings (SSSR count). The second kappa shape index (κ2) is 13.7. The van der Waals surface area contributed by atoms with E-state index in [1.165, 1.54) is 19.3 Å². The zero-order chi connectivity index (χ0) is 28.7. The lowest BCUT2D eigenvalue weighted by atomic mass is 9.82. The third-order valence-corrected chi connectivity index (χ3v) is 8.32. The summed E-state index contributed by atoms with van der Waals surface area (Å²) < 4.78 is 5.35. The fourth-order valence-electron chi connectivity index (χ4n) is 5.92. The number of pyridine rings is 1. The van der Waals surface area contributed by atoms with E-state index in [0.29, 0.717) is 30.5 Å². The van der Waals surface area contributed by atoms with Gasteiger partial charge in [-0.15, -0.1) is 0 Å². The largest absolute Gasteiger partial charge is 0.444 e. The molecule has 2 fully saturated rings. The summed E-state index contributed by atoms with van der Waals surface area (Å²) in [6.45, 7) is 10.0. The predicted molar refractivity (Wildman–Crippen MR) is 162 cm³/mol. The summed E-state index contributed by atoms with van der Waals surface area (Å²) in [6.07, 6.45) is 7.41. The number of anilines is 1. The number of nitrogens with one attached hydrogen (secondary N) is 2. The van der Waals surface area contributed by atoms with Gasteiger partial charge in [-0.25, -0.2) is 9.78 Å². The first-order chi connectivity index (χ1) is 19.1. The number of amides is 2. The Kier molecular flexibility index (Phi) is 10.3. The highest BCUT2D eigenvalue weighted by atomic mass is 16.6. The molecule has 1 saturated carbocycles. The monoisotopic (exact) mass is 551 g/mol. The van der Waals surface area contributed by atoms with Crippen molar-refractivity contribution in [3.8, 4) is 0 Å². The van der Waals surface area contributed by atoms with Gasteiger partial charge in [0.2, 0.25) is 0 Å². The molecular weight excluding hydrogens is 502 g/mol. The topological polar surface area (TPSA) is 86.8 Å². The van der Waals surface area contributed by atoms with E-state index in [-0.39, 0.29) is 12.0 Å². The molecule has 1 saturated heterocycles. The Morgan fingerprint density at radius 2 is 1.57 bits per heavy atom. The van der Waals surface area contributed by atoms with Gasteiger partial charge in [0.15, 0.2) is 0 Å². The molecular formula is C32H49N5O3. The Morgan fingerprint density at radius 3 is 2.20 bits per heavy atom. The van der Waals surface area contributed by atoms with Gasteiger partial charge in [0.25, 0.3) is 5.91 Å². The van der Waals surface area contributed by atoms with Crippen molar-refractivity contribution in [3.63, 3.8) is 0 Å². The maximum atomic E-state index is 13.5. The first-order valence-electron chi connectivity index (χ1n) is 15.1. The number of aromatic nitrogens is 1. The molecule has 220 valence electrons. The normalized spacial score (nSPS) is 20.5. The van der Waals surface area contributed by atoms with Gasteiger partial charge in [-0.2, -0.15) is 0 Å². The highest BCUT2D eigenvalue weighted by Crippen LogP contribution is 2.30. The summed E-state index contributed by atoms with van der Waals surface area (Å²) in [5.41, 5.74) is 1.10. The lowest BCUT2D eigenvalue weighted by Crippen LogP contribution is -2.37. The molecule has 40 heavy (non-hydrogen) atoms. The maximum absolute atomic E-state index is 13.5. The summed E-state index contributed by atoms with van der Waals surface area (Å²) >= 11 is 0. The molecule has 0 bridgehead atoms. The van der Waals surface area contributed by atoms with Crippen LogP contribution in [-0.2, 0) is 4.74 Å². The number of hydrogen-bond acceptors (Lipinski definition) is 6. The fraction of sp³-hybridized carbons (Fsp3) is 0.656. The minimum absolute atomic E-state index is 0.0190. The first kappa shape index (κ1) is 30.1. The van der Waals surface area contributed by atoms with Gasteiger partial charge in [-0.1, -0.05) is 18.2 Å². The van der Waals surface area contributed by atoms with Crippen LogP contribution in [0.5, 0.6) is 0 Å². The number of nitrogens with zero attached hydrogens (tertiary/aromatic N) is 3. The number of ether oxygens (including phenoxy) is 1. The Bertz CT molecular complexity index is 1130. The Hall–Kier alpha value is -2.87. The van der Waals surface area contributed by atoms with Crippen LogP contribution in [-0.4, -0.2) is 74.3 Å². The standard InChI is InChI=1S/C32H49N5O3/c1-32(2,3)40-31(39)34-22-25-12-10-24(11-13-25)21-33-30(38)27-20-29(35-28-9-7-6-8-26(27)28)37-18-15-23(16-19-37)14-17-36(4)5/h6-9,20,23-25H,10-19,21-22H2,1-5H3,(H,33,38)(H,34,39)/t24-,25-. The molecule has 2 heterocycles. The third kappa shape index (κ3) is 8.82. The van der Waals surface area contributed by atoms with E-state index in [9.17, 15) is 9.59 Å². The lowest BCUT2D eigenvalue weighted by molar-refractivity contribution is 0.0512. The fourth-order valence-corrected chi connectivity index (χ4v) is 5.92. The molecule has 2 aliphatic rings. The van der Waals surface area contributed by atoms with Crippen molar-refractivity contribution in [3.05, 3.63) is 35.9 Å². The second-order valence-electron chi connectivity index (χ2n) is 13.0. The molecule has 0 radical (unpaired) electrons. The van der Waals surface area contributed by atoms with Crippen LogP contribution in [0.4, 0.5) is 10.6 Å². The summed E-state index contributed by atoms with van der Waals surface area (Å²) in [7, 11) is 4.27.